The van der Waals surface area contributed by atoms with Crippen LogP contribution < -0.4 is 26.4 Å². The lowest BCUT2D eigenvalue weighted by Crippen LogP contribution is -2.47. The van der Waals surface area contributed by atoms with Crippen molar-refractivity contribution in [2.75, 3.05) is 45.2 Å². The average molecular weight is 915 g/mol. The van der Waals surface area contributed by atoms with Crippen LogP contribution in [0, 0.1) is 11.3 Å². The summed E-state index contributed by atoms with van der Waals surface area (Å²) in [4.78, 5) is 52.2. The lowest BCUT2D eigenvalue weighted by atomic mass is 9.67. The van der Waals surface area contributed by atoms with Gasteiger partial charge in [-0.2, -0.15) is 13.2 Å². The number of ether oxygens (including phenoxy) is 2. The molecule has 2 aliphatic heterocycles. The van der Waals surface area contributed by atoms with Crippen LogP contribution in [0.4, 0.5) is 18.9 Å². The number of benzene rings is 3. The van der Waals surface area contributed by atoms with Crippen molar-refractivity contribution >= 4 is 40.0 Å². The minimum atomic E-state index is -4.36. The third-order valence-corrected chi connectivity index (χ3v) is 13.9. The van der Waals surface area contributed by atoms with E-state index in [4.69, 9.17) is 9.47 Å². The predicted octanol–water partition coefficient (Wildman–Crippen LogP) is 8.44. The summed E-state index contributed by atoms with van der Waals surface area (Å²) < 4.78 is 57.5. The van der Waals surface area contributed by atoms with Crippen molar-refractivity contribution in [2.24, 2.45) is 18.4 Å². The van der Waals surface area contributed by atoms with Crippen LogP contribution in [0.2, 0.25) is 0 Å². The number of allylic oxidation sites excluding steroid dienone is 2. The molecule has 3 N–H and O–H groups in total. The zero-order chi connectivity index (χ0) is 47.4. The van der Waals surface area contributed by atoms with Crippen molar-refractivity contribution < 1.29 is 37.0 Å². The number of carbonyl (C=O) groups is 3. The second-order valence-electron chi connectivity index (χ2n) is 19.8. The lowest BCUT2D eigenvalue weighted by Gasteiger charge is -2.46. The molecule has 4 aromatic rings. The van der Waals surface area contributed by atoms with Crippen LogP contribution in [0.25, 0.3) is 16.6 Å². The third kappa shape index (κ3) is 11.2. The normalized spacial score (nSPS) is 21.4. The van der Waals surface area contributed by atoms with Gasteiger partial charge in [-0.25, -0.2) is 4.79 Å². The van der Waals surface area contributed by atoms with Crippen molar-refractivity contribution in [3.63, 3.8) is 0 Å². The SMILES string of the molecule is COc1ccc([C@]2(CCN(Cc3ccc(C4=CCC(CC(=O)NCCNc5ccc6c(c5)n(C)c(=O)n6C5CCC(=O)NC5=O)CC4)cc3)CC(C)(C)C(F)(F)F)CCOC(C)(C)C2)cc1. The summed E-state index contributed by atoms with van der Waals surface area (Å²) in [7, 11) is 3.28. The topological polar surface area (TPSA) is 136 Å². The Kier molecular flexibility index (Phi) is 14.6. The minimum Gasteiger partial charge on any atom is -0.497 e. The maximum Gasteiger partial charge on any atom is 0.395 e. The molecule has 3 heterocycles. The number of rotatable bonds is 17. The number of imidazole rings is 1. The fraction of sp³-hybridized carbons (Fsp3) is 0.529. The molecule has 3 aliphatic rings. The first-order valence-corrected chi connectivity index (χ1v) is 23.2. The van der Waals surface area contributed by atoms with Gasteiger partial charge >= 0.3 is 11.9 Å². The number of methoxy groups -OCH3 is 1. The molecule has 356 valence electrons. The molecule has 3 aromatic carbocycles. The number of alkyl halides is 3. The summed E-state index contributed by atoms with van der Waals surface area (Å²) in [6, 6.07) is 21.0. The Labute approximate surface area is 385 Å². The van der Waals surface area contributed by atoms with Crippen LogP contribution in [0.15, 0.2) is 77.6 Å². The summed E-state index contributed by atoms with van der Waals surface area (Å²) in [6.45, 7) is 8.96. The number of carbonyl (C=O) groups excluding carboxylic acids is 3. The largest absolute Gasteiger partial charge is 0.497 e. The number of halogens is 3. The van der Waals surface area contributed by atoms with Gasteiger partial charge in [-0.05, 0) is 138 Å². The van der Waals surface area contributed by atoms with Crippen molar-refractivity contribution in [2.45, 2.75) is 115 Å². The van der Waals surface area contributed by atoms with E-state index >= 15 is 0 Å². The number of fused-ring (bicyclic) bond motifs is 1. The van der Waals surface area contributed by atoms with Crippen LogP contribution in [-0.2, 0) is 38.1 Å². The number of hydrogen-bond donors (Lipinski definition) is 3. The highest BCUT2D eigenvalue weighted by atomic mass is 19.4. The fourth-order valence-electron chi connectivity index (χ4n) is 10.1. The summed E-state index contributed by atoms with van der Waals surface area (Å²) in [5, 5.41) is 8.64. The molecule has 2 fully saturated rings. The molecule has 15 heteroatoms. The number of imide groups is 1. The predicted molar refractivity (Wildman–Crippen MR) is 250 cm³/mol. The van der Waals surface area contributed by atoms with Crippen LogP contribution >= 0.6 is 0 Å². The van der Waals surface area contributed by atoms with E-state index in [1.54, 1.807) is 20.2 Å². The van der Waals surface area contributed by atoms with Gasteiger partial charge in [0.15, 0.2) is 0 Å². The third-order valence-electron chi connectivity index (χ3n) is 13.9. The molecule has 3 atom stereocenters. The van der Waals surface area contributed by atoms with Gasteiger partial charge in [0.2, 0.25) is 17.7 Å². The van der Waals surface area contributed by atoms with E-state index in [1.807, 2.05) is 41.3 Å². The molecule has 7 rings (SSSR count). The summed E-state index contributed by atoms with van der Waals surface area (Å²) >= 11 is 0. The van der Waals surface area contributed by atoms with Gasteiger partial charge in [0.25, 0.3) is 0 Å². The van der Waals surface area contributed by atoms with Crippen LogP contribution in [-0.4, -0.2) is 83.4 Å². The van der Waals surface area contributed by atoms with Gasteiger partial charge < -0.3 is 20.1 Å². The molecular weight excluding hydrogens is 850 g/mol. The molecule has 2 saturated heterocycles. The number of aryl methyl sites for hydroxylation is 1. The highest BCUT2D eigenvalue weighted by molar-refractivity contribution is 6.00. The van der Waals surface area contributed by atoms with E-state index in [1.165, 1.54) is 28.6 Å². The monoisotopic (exact) mass is 914 g/mol. The van der Waals surface area contributed by atoms with Crippen molar-refractivity contribution in [1.29, 1.82) is 0 Å². The minimum absolute atomic E-state index is 0.0177. The second kappa shape index (κ2) is 19.8. The smallest absolute Gasteiger partial charge is 0.395 e. The van der Waals surface area contributed by atoms with Crippen LogP contribution in [0.5, 0.6) is 5.75 Å². The number of nitrogens with one attached hydrogen (secondary N) is 3. The number of anilines is 1. The first-order valence-electron chi connectivity index (χ1n) is 23.2. The highest BCUT2D eigenvalue weighted by Crippen LogP contribution is 2.45. The van der Waals surface area contributed by atoms with Gasteiger partial charge in [0, 0.05) is 63.8 Å². The van der Waals surface area contributed by atoms with E-state index in [2.05, 4.69) is 60.1 Å². The van der Waals surface area contributed by atoms with Gasteiger partial charge in [-0.3, -0.25) is 33.7 Å². The molecule has 0 spiro atoms. The standard InChI is InChI=1S/C51H65F3N6O6/c1-48(2,51(52,53)54)33-59(27-23-50(24-28-66-49(3,4)32-50)38-15-18-40(65-6)19-16-38)31-35-9-13-37(14-10-35)36-11-7-34(8-12-36)29-45(62)56-26-25-55-39-17-20-41-43(30-39)58(5)47(64)60(41)42-21-22-44(61)57-46(42)63/h9-11,13-20,30,34,42,55H,7-8,12,21-29,31-33H2,1-6H3,(H,56,62)(H,57,61,63)/t34?,42?,50-/m1/s1. The number of piperidine rings is 1. The van der Waals surface area contributed by atoms with E-state index < -0.39 is 23.5 Å². The van der Waals surface area contributed by atoms with E-state index in [0.717, 1.165) is 60.2 Å². The van der Waals surface area contributed by atoms with Crippen molar-refractivity contribution in [1.82, 2.24) is 24.7 Å². The zero-order valence-electron chi connectivity index (χ0n) is 39.1. The van der Waals surface area contributed by atoms with Gasteiger partial charge in [-0.15, -0.1) is 0 Å². The molecular formula is C51H65F3N6O6. The van der Waals surface area contributed by atoms with E-state index in [-0.39, 0.29) is 53.8 Å². The van der Waals surface area contributed by atoms with E-state index in [9.17, 15) is 32.3 Å². The van der Waals surface area contributed by atoms with E-state index in [0.29, 0.717) is 56.7 Å². The highest BCUT2D eigenvalue weighted by Gasteiger charge is 2.49. The Bertz CT molecular complexity index is 2470. The first kappa shape index (κ1) is 48.5. The summed E-state index contributed by atoms with van der Waals surface area (Å²) in [5.41, 5.74) is 3.56. The second-order valence-corrected chi connectivity index (χ2v) is 19.8. The molecule has 3 amide bonds. The van der Waals surface area contributed by atoms with Crippen LogP contribution in [0.3, 0.4) is 0 Å². The quantitative estimate of drug-likeness (QED) is 0.0710. The van der Waals surface area contributed by atoms with Gasteiger partial charge in [0.05, 0.1) is 29.2 Å². The summed E-state index contributed by atoms with van der Waals surface area (Å²) in [5.74, 6) is 0.140. The molecule has 0 bridgehead atoms. The fourth-order valence-corrected chi connectivity index (χ4v) is 10.1. The number of aromatic nitrogens is 2. The Hall–Kier alpha value is -5.41. The maximum atomic E-state index is 14.3. The molecule has 1 aromatic heterocycles. The number of amides is 3. The molecule has 0 radical (unpaired) electrons. The lowest BCUT2D eigenvalue weighted by molar-refractivity contribution is -0.217. The molecule has 12 nitrogen and oxygen atoms in total. The first-order chi connectivity index (χ1) is 31.3. The van der Waals surface area contributed by atoms with Gasteiger partial charge in [-0.1, -0.05) is 42.5 Å². The molecule has 1 aliphatic carbocycles. The average Bonchev–Trinajstić information content (AvgIpc) is 3.51. The Morgan fingerprint density at radius 2 is 1.71 bits per heavy atom. The molecule has 2 unspecified atom stereocenters. The van der Waals surface area contributed by atoms with Gasteiger partial charge in [0.1, 0.15) is 11.8 Å². The number of hydrogen-bond acceptors (Lipinski definition) is 8. The van der Waals surface area contributed by atoms with Crippen molar-refractivity contribution in [3.8, 4) is 5.75 Å². The molecule has 66 heavy (non-hydrogen) atoms. The summed E-state index contributed by atoms with van der Waals surface area (Å²) in [6.07, 6.45) is 3.41. The molecule has 0 saturated carbocycles. The maximum absolute atomic E-state index is 14.3. The Morgan fingerprint density at radius 3 is 2.36 bits per heavy atom. The number of nitrogens with zero attached hydrogens (tertiary/aromatic N) is 3. The Balaban J connectivity index is 0.914. The van der Waals surface area contributed by atoms with Crippen molar-refractivity contribution in [3.05, 3.63) is 100.0 Å². The Morgan fingerprint density at radius 1 is 0.970 bits per heavy atom. The van der Waals surface area contributed by atoms with Crippen LogP contribution in [0.1, 0.15) is 108 Å². The zero-order valence-corrected chi connectivity index (χ0v) is 39.1.